The van der Waals surface area contributed by atoms with Crippen molar-refractivity contribution in [1.82, 2.24) is 5.16 Å². The highest BCUT2D eigenvalue weighted by atomic mass is 127. The number of rotatable bonds is 2. The lowest BCUT2D eigenvalue weighted by Gasteiger charge is -2.04. The molecule has 1 heterocycles. The molecule has 0 saturated heterocycles. The van der Waals surface area contributed by atoms with E-state index in [-0.39, 0.29) is 5.69 Å². The minimum atomic E-state index is -0.409. The van der Waals surface area contributed by atoms with E-state index in [2.05, 4.69) is 43.7 Å². The standard InChI is InChI=1S/C11H8BrIN2O3/c1-5-10(6(2)18-14-5)7-3-8(13)11(12)9(4-7)15(16)17/h3-4H,1-2H3. The molecule has 5 nitrogen and oxygen atoms in total. The molecule has 7 heteroatoms. The Morgan fingerprint density at radius 1 is 1.44 bits per heavy atom. The van der Waals surface area contributed by atoms with E-state index in [1.807, 2.05) is 13.0 Å². The van der Waals surface area contributed by atoms with Crippen molar-refractivity contribution in [3.63, 3.8) is 0 Å². The largest absolute Gasteiger partial charge is 0.361 e. The average Bonchev–Trinajstić information content (AvgIpc) is 2.62. The van der Waals surface area contributed by atoms with Crippen LogP contribution in [-0.4, -0.2) is 10.1 Å². The Morgan fingerprint density at radius 2 is 2.11 bits per heavy atom. The van der Waals surface area contributed by atoms with Crippen molar-refractivity contribution < 1.29 is 9.45 Å². The summed E-state index contributed by atoms with van der Waals surface area (Å²) in [5, 5.41) is 14.9. The Hall–Kier alpha value is -0.960. The van der Waals surface area contributed by atoms with Gasteiger partial charge in [-0.15, -0.1) is 0 Å². The molecule has 18 heavy (non-hydrogen) atoms. The molecule has 2 aromatic rings. The molecule has 0 saturated carbocycles. The van der Waals surface area contributed by atoms with E-state index in [0.717, 1.165) is 20.4 Å². The molecule has 0 aliphatic carbocycles. The summed E-state index contributed by atoms with van der Waals surface area (Å²) in [5.41, 5.74) is 2.31. The fraction of sp³-hybridized carbons (Fsp3) is 0.182. The van der Waals surface area contributed by atoms with Gasteiger partial charge in [-0.2, -0.15) is 0 Å². The smallest absolute Gasteiger partial charge is 0.285 e. The highest BCUT2D eigenvalue weighted by Gasteiger charge is 2.20. The van der Waals surface area contributed by atoms with E-state index < -0.39 is 4.92 Å². The molecule has 0 aliphatic rings. The number of hydrogen-bond acceptors (Lipinski definition) is 4. The average molecular weight is 423 g/mol. The summed E-state index contributed by atoms with van der Waals surface area (Å²) in [7, 11) is 0. The van der Waals surface area contributed by atoms with Crippen LogP contribution < -0.4 is 0 Å². The van der Waals surface area contributed by atoms with Gasteiger partial charge in [0.15, 0.2) is 0 Å². The van der Waals surface area contributed by atoms with Gasteiger partial charge in [0.05, 0.1) is 10.6 Å². The maximum absolute atomic E-state index is 11.0. The zero-order chi connectivity index (χ0) is 13.4. The first-order valence-corrected chi connectivity index (χ1v) is 6.85. The topological polar surface area (TPSA) is 69.2 Å². The number of nitro benzene ring substituents is 1. The minimum Gasteiger partial charge on any atom is -0.361 e. The molecular formula is C11H8BrIN2O3. The van der Waals surface area contributed by atoms with Crippen molar-refractivity contribution in [3.8, 4) is 11.1 Å². The third kappa shape index (κ3) is 2.28. The van der Waals surface area contributed by atoms with Crippen LogP contribution in [-0.2, 0) is 0 Å². The van der Waals surface area contributed by atoms with Gasteiger partial charge in [0.25, 0.3) is 5.69 Å². The van der Waals surface area contributed by atoms with E-state index in [9.17, 15) is 10.1 Å². The Morgan fingerprint density at radius 3 is 2.61 bits per heavy atom. The lowest BCUT2D eigenvalue weighted by Crippen LogP contribution is -1.93. The van der Waals surface area contributed by atoms with Crippen molar-refractivity contribution in [2.75, 3.05) is 0 Å². The number of halogens is 2. The van der Waals surface area contributed by atoms with Crippen LogP contribution in [0.25, 0.3) is 11.1 Å². The molecule has 0 bridgehead atoms. The third-order valence-corrected chi connectivity index (χ3v) is 4.95. The van der Waals surface area contributed by atoms with Gasteiger partial charge < -0.3 is 4.52 Å². The van der Waals surface area contributed by atoms with Crippen LogP contribution in [0.4, 0.5) is 5.69 Å². The second-order valence-electron chi connectivity index (χ2n) is 3.75. The zero-order valence-electron chi connectivity index (χ0n) is 9.53. The summed E-state index contributed by atoms with van der Waals surface area (Å²) in [6.07, 6.45) is 0. The lowest BCUT2D eigenvalue weighted by atomic mass is 10.0. The van der Waals surface area contributed by atoms with Crippen LogP contribution in [0.1, 0.15) is 11.5 Å². The molecular weight excluding hydrogens is 415 g/mol. The molecule has 0 N–H and O–H groups in total. The molecule has 2 rings (SSSR count). The first kappa shape index (κ1) is 13.5. The van der Waals surface area contributed by atoms with Crippen LogP contribution in [0.3, 0.4) is 0 Å². The van der Waals surface area contributed by atoms with E-state index in [1.165, 1.54) is 6.07 Å². The molecule has 94 valence electrons. The van der Waals surface area contributed by atoms with Gasteiger partial charge >= 0.3 is 0 Å². The van der Waals surface area contributed by atoms with E-state index in [1.54, 1.807) is 6.92 Å². The molecule has 0 spiro atoms. The van der Waals surface area contributed by atoms with Gasteiger partial charge in [0, 0.05) is 15.2 Å². The molecule has 1 aromatic heterocycles. The van der Waals surface area contributed by atoms with Gasteiger partial charge in [0.1, 0.15) is 10.2 Å². The summed E-state index contributed by atoms with van der Waals surface area (Å²) in [4.78, 5) is 10.6. The molecule has 0 radical (unpaired) electrons. The second-order valence-corrected chi connectivity index (χ2v) is 5.70. The SMILES string of the molecule is Cc1noc(C)c1-c1cc(I)c(Br)c([N+](=O)[O-])c1. The summed E-state index contributed by atoms with van der Waals surface area (Å²) < 4.78 is 6.35. The molecule has 0 aliphatic heterocycles. The maximum Gasteiger partial charge on any atom is 0.285 e. The Labute approximate surface area is 125 Å². The molecule has 0 atom stereocenters. The summed E-state index contributed by atoms with van der Waals surface area (Å²) in [6.45, 7) is 3.60. The first-order chi connectivity index (χ1) is 8.41. The predicted molar refractivity (Wildman–Crippen MR) is 78.5 cm³/mol. The third-order valence-electron chi connectivity index (χ3n) is 2.53. The number of nitro groups is 1. The van der Waals surface area contributed by atoms with E-state index in [4.69, 9.17) is 4.52 Å². The normalized spacial score (nSPS) is 10.7. The van der Waals surface area contributed by atoms with Crippen molar-refractivity contribution in [1.29, 1.82) is 0 Å². The summed E-state index contributed by atoms with van der Waals surface area (Å²) >= 11 is 5.28. The van der Waals surface area contributed by atoms with Crippen LogP contribution in [0.5, 0.6) is 0 Å². The van der Waals surface area contributed by atoms with E-state index in [0.29, 0.717) is 10.2 Å². The fourth-order valence-corrected chi connectivity index (χ4v) is 2.73. The maximum atomic E-state index is 11.0. The lowest BCUT2D eigenvalue weighted by molar-refractivity contribution is -0.385. The number of nitrogens with zero attached hydrogens (tertiary/aromatic N) is 2. The number of hydrogen-bond donors (Lipinski definition) is 0. The van der Waals surface area contributed by atoms with Crippen molar-refractivity contribution in [3.05, 3.63) is 41.7 Å². The highest BCUT2D eigenvalue weighted by molar-refractivity contribution is 14.1. The van der Waals surface area contributed by atoms with Gasteiger partial charge in [0.2, 0.25) is 0 Å². The zero-order valence-corrected chi connectivity index (χ0v) is 13.3. The number of aryl methyl sites for hydroxylation is 2. The number of benzene rings is 1. The molecule has 0 fully saturated rings. The highest BCUT2D eigenvalue weighted by Crippen LogP contribution is 2.36. The second kappa shape index (κ2) is 4.96. The first-order valence-electron chi connectivity index (χ1n) is 4.98. The fourth-order valence-electron chi connectivity index (χ4n) is 1.75. The van der Waals surface area contributed by atoms with Gasteiger partial charge in [-0.1, -0.05) is 5.16 Å². The molecule has 0 unspecified atom stereocenters. The quantitative estimate of drug-likeness (QED) is 0.412. The van der Waals surface area contributed by atoms with Gasteiger partial charge in [-0.25, -0.2) is 0 Å². The van der Waals surface area contributed by atoms with Crippen molar-refractivity contribution >= 4 is 44.2 Å². The van der Waals surface area contributed by atoms with Crippen LogP contribution in [0.15, 0.2) is 21.1 Å². The Balaban J connectivity index is 2.71. The van der Waals surface area contributed by atoms with E-state index >= 15 is 0 Å². The van der Waals surface area contributed by atoms with Crippen molar-refractivity contribution in [2.24, 2.45) is 0 Å². The molecule has 1 aromatic carbocycles. The monoisotopic (exact) mass is 422 g/mol. The van der Waals surface area contributed by atoms with Crippen LogP contribution in [0, 0.1) is 27.5 Å². The molecule has 0 amide bonds. The van der Waals surface area contributed by atoms with Gasteiger partial charge in [-0.3, -0.25) is 10.1 Å². The minimum absolute atomic E-state index is 0.0388. The van der Waals surface area contributed by atoms with Crippen molar-refractivity contribution in [2.45, 2.75) is 13.8 Å². The Bertz CT molecular complexity index is 620. The number of aromatic nitrogens is 1. The Kier molecular flexibility index (Phi) is 3.71. The van der Waals surface area contributed by atoms with Crippen LogP contribution in [0.2, 0.25) is 0 Å². The van der Waals surface area contributed by atoms with Crippen LogP contribution >= 0.6 is 38.5 Å². The summed E-state index contributed by atoms with van der Waals surface area (Å²) in [5.74, 6) is 0.653. The van der Waals surface area contributed by atoms with Gasteiger partial charge in [-0.05, 0) is 64.0 Å². The predicted octanol–water partition coefficient (Wildman–Crippen LogP) is 4.23. The summed E-state index contributed by atoms with van der Waals surface area (Å²) in [6, 6.07) is 3.39.